The number of amides is 2. The zero-order valence-electron chi connectivity index (χ0n) is 18.6. The Bertz CT molecular complexity index is 1020. The molecule has 1 saturated heterocycles. The van der Waals surface area contributed by atoms with E-state index in [0.717, 1.165) is 43.0 Å². The summed E-state index contributed by atoms with van der Waals surface area (Å²) in [6.07, 6.45) is 1.48. The number of pyridine rings is 1. The molecule has 1 fully saturated rings. The first kappa shape index (κ1) is 24.4. The normalized spacial score (nSPS) is 15.7. The van der Waals surface area contributed by atoms with E-state index in [1.165, 1.54) is 16.4 Å². The second-order valence-electron chi connectivity index (χ2n) is 8.07. The molecule has 8 nitrogen and oxygen atoms in total. The minimum absolute atomic E-state index is 0.0543. The van der Waals surface area contributed by atoms with E-state index in [1.807, 2.05) is 26.0 Å². The molecule has 3 rings (SSSR count). The van der Waals surface area contributed by atoms with Gasteiger partial charge in [0.2, 0.25) is 10.0 Å². The van der Waals surface area contributed by atoms with Crippen LogP contribution < -0.4 is 10.6 Å². The van der Waals surface area contributed by atoms with Crippen molar-refractivity contribution in [3.63, 3.8) is 0 Å². The van der Waals surface area contributed by atoms with Crippen LogP contribution in [0.4, 0.5) is 10.5 Å². The third-order valence-electron chi connectivity index (χ3n) is 5.61. The lowest BCUT2D eigenvalue weighted by atomic mass is 10.1. The highest BCUT2D eigenvalue weighted by Gasteiger charge is 2.30. The lowest BCUT2D eigenvalue weighted by molar-refractivity contribution is 0.170. The molecule has 2 heterocycles. The van der Waals surface area contributed by atoms with Crippen molar-refractivity contribution in [2.24, 2.45) is 0 Å². The van der Waals surface area contributed by atoms with Crippen molar-refractivity contribution in [1.82, 2.24) is 19.5 Å². The Morgan fingerprint density at radius 1 is 1.16 bits per heavy atom. The minimum atomic E-state index is -3.55. The number of nitrogens with one attached hydrogen (secondary N) is 2. The minimum Gasteiger partial charge on any atom is -0.337 e. The zero-order valence-corrected chi connectivity index (χ0v) is 20.2. The number of halogens is 1. The van der Waals surface area contributed by atoms with E-state index in [0.29, 0.717) is 18.1 Å². The third-order valence-corrected chi connectivity index (χ3v) is 7.79. The van der Waals surface area contributed by atoms with E-state index in [2.05, 4.69) is 20.5 Å². The number of nitrogens with zero attached hydrogens (tertiary/aromatic N) is 3. The number of anilines is 1. The Kier molecular flexibility index (Phi) is 8.10. The van der Waals surface area contributed by atoms with Gasteiger partial charge < -0.3 is 15.5 Å². The molecule has 1 aromatic heterocycles. The molecule has 2 aromatic rings. The van der Waals surface area contributed by atoms with Crippen molar-refractivity contribution < 1.29 is 13.2 Å². The van der Waals surface area contributed by atoms with Crippen molar-refractivity contribution >= 4 is 33.3 Å². The van der Waals surface area contributed by atoms with Gasteiger partial charge in [-0.25, -0.2) is 13.2 Å². The van der Waals surface area contributed by atoms with Gasteiger partial charge in [-0.05, 0) is 76.2 Å². The number of carbonyl (C=O) groups is 1. The maximum atomic E-state index is 12.9. The van der Waals surface area contributed by atoms with E-state index in [4.69, 9.17) is 11.6 Å². The van der Waals surface area contributed by atoms with Crippen LogP contribution in [0.1, 0.15) is 24.2 Å². The second kappa shape index (κ2) is 10.6. The molecular weight excluding hydrogens is 450 g/mol. The standard InChI is InChI=1S/C22H30ClN5O3S/c1-16-14-19(15-17(2)25-16)26-22(29)24-10-13-28-11-8-20(9-12-28)27(3)32(30,31)21-6-4-18(23)5-7-21/h4-7,14-15,20H,8-13H2,1-3H3,(H2,24,25,26,29). The molecule has 1 aromatic carbocycles. The number of likely N-dealkylation sites (tertiary alicyclic amines) is 1. The maximum absolute atomic E-state index is 12.9. The fraction of sp³-hybridized carbons (Fsp3) is 0.455. The van der Waals surface area contributed by atoms with Crippen LogP contribution in [-0.4, -0.2) is 67.9 Å². The summed E-state index contributed by atoms with van der Waals surface area (Å²) in [4.78, 5) is 18.9. The summed E-state index contributed by atoms with van der Waals surface area (Å²) in [5, 5.41) is 6.21. The molecule has 10 heteroatoms. The van der Waals surface area contributed by atoms with Crippen molar-refractivity contribution in [1.29, 1.82) is 0 Å². The van der Waals surface area contributed by atoms with E-state index >= 15 is 0 Å². The average molecular weight is 480 g/mol. The molecule has 1 aliphatic rings. The van der Waals surface area contributed by atoms with Crippen LogP contribution in [0, 0.1) is 13.8 Å². The Balaban J connectivity index is 1.42. The quantitative estimate of drug-likeness (QED) is 0.635. The summed E-state index contributed by atoms with van der Waals surface area (Å²) in [7, 11) is -1.91. The number of sulfonamides is 1. The molecule has 0 saturated carbocycles. The number of aromatic nitrogens is 1. The van der Waals surface area contributed by atoms with Crippen LogP contribution in [0.25, 0.3) is 0 Å². The van der Waals surface area contributed by atoms with E-state index in [1.54, 1.807) is 19.2 Å². The molecule has 174 valence electrons. The highest BCUT2D eigenvalue weighted by atomic mass is 35.5. The van der Waals surface area contributed by atoms with Crippen molar-refractivity contribution in [2.45, 2.75) is 37.6 Å². The maximum Gasteiger partial charge on any atom is 0.319 e. The fourth-order valence-electron chi connectivity index (χ4n) is 3.89. The van der Waals surface area contributed by atoms with Gasteiger partial charge in [-0.3, -0.25) is 4.98 Å². The van der Waals surface area contributed by atoms with Gasteiger partial charge in [0.1, 0.15) is 0 Å². The van der Waals surface area contributed by atoms with Crippen LogP contribution in [0.15, 0.2) is 41.3 Å². The Labute approximate surface area is 195 Å². The summed E-state index contributed by atoms with van der Waals surface area (Å²) in [5.74, 6) is 0. The zero-order chi connectivity index (χ0) is 23.3. The molecule has 0 radical (unpaired) electrons. The van der Waals surface area contributed by atoms with Crippen molar-refractivity contribution in [3.8, 4) is 0 Å². The Morgan fingerprint density at radius 3 is 2.34 bits per heavy atom. The smallest absolute Gasteiger partial charge is 0.319 e. The summed E-state index contributed by atoms with van der Waals surface area (Å²) in [5.41, 5.74) is 2.43. The number of carbonyl (C=O) groups excluding carboxylic acids is 1. The Hall–Kier alpha value is -2.20. The molecule has 2 amide bonds. The number of hydrogen-bond donors (Lipinski definition) is 2. The molecular formula is C22H30ClN5O3S. The predicted octanol–water partition coefficient (Wildman–Crippen LogP) is 3.26. The molecule has 32 heavy (non-hydrogen) atoms. The van der Waals surface area contributed by atoms with Gasteiger partial charge in [0.15, 0.2) is 0 Å². The van der Waals surface area contributed by atoms with Crippen molar-refractivity contribution in [3.05, 3.63) is 52.8 Å². The number of rotatable bonds is 7. The first-order valence-electron chi connectivity index (χ1n) is 10.6. The lowest BCUT2D eigenvalue weighted by Crippen LogP contribution is -2.47. The molecule has 0 bridgehead atoms. The number of aryl methyl sites for hydroxylation is 2. The average Bonchev–Trinajstić information content (AvgIpc) is 2.73. The van der Waals surface area contributed by atoms with Crippen LogP contribution in [0.2, 0.25) is 5.02 Å². The van der Waals surface area contributed by atoms with Gasteiger partial charge in [-0.1, -0.05) is 11.6 Å². The number of urea groups is 1. The van der Waals surface area contributed by atoms with Crippen LogP contribution in [0.5, 0.6) is 0 Å². The first-order chi connectivity index (χ1) is 15.1. The number of benzene rings is 1. The predicted molar refractivity (Wildman–Crippen MR) is 127 cm³/mol. The highest BCUT2D eigenvalue weighted by Crippen LogP contribution is 2.23. The summed E-state index contributed by atoms with van der Waals surface area (Å²) in [6, 6.07) is 9.59. The molecule has 0 aliphatic carbocycles. The van der Waals surface area contributed by atoms with Crippen LogP contribution in [-0.2, 0) is 10.0 Å². The van der Waals surface area contributed by atoms with Gasteiger partial charge in [-0.15, -0.1) is 0 Å². The molecule has 0 unspecified atom stereocenters. The monoisotopic (exact) mass is 479 g/mol. The van der Waals surface area contributed by atoms with E-state index in [9.17, 15) is 13.2 Å². The molecule has 0 atom stereocenters. The van der Waals surface area contributed by atoms with Gasteiger partial charge >= 0.3 is 6.03 Å². The fourth-order valence-corrected chi connectivity index (χ4v) is 5.43. The SMILES string of the molecule is Cc1cc(NC(=O)NCCN2CCC(N(C)S(=O)(=O)c3ccc(Cl)cc3)CC2)cc(C)n1. The summed E-state index contributed by atoms with van der Waals surface area (Å²) < 4.78 is 27.2. The lowest BCUT2D eigenvalue weighted by Gasteiger charge is -2.36. The molecule has 2 N–H and O–H groups in total. The summed E-state index contributed by atoms with van der Waals surface area (Å²) >= 11 is 5.87. The largest absolute Gasteiger partial charge is 0.337 e. The van der Waals surface area contributed by atoms with Gasteiger partial charge in [-0.2, -0.15) is 4.31 Å². The van der Waals surface area contributed by atoms with Gasteiger partial charge in [0.25, 0.3) is 0 Å². The van der Waals surface area contributed by atoms with Crippen LogP contribution >= 0.6 is 11.6 Å². The van der Waals surface area contributed by atoms with Crippen LogP contribution in [0.3, 0.4) is 0 Å². The van der Waals surface area contributed by atoms with E-state index in [-0.39, 0.29) is 17.0 Å². The van der Waals surface area contributed by atoms with Gasteiger partial charge in [0, 0.05) is 48.3 Å². The highest BCUT2D eigenvalue weighted by molar-refractivity contribution is 7.89. The number of piperidine rings is 1. The third kappa shape index (κ3) is 6.41. The van der Waals surface area contributed by atoms with E-state index < -0.39 is 10.0 Å². The summed E-state index contributed by atoms with van der Waals surface area (Å²) in [6.45, 7) is 6.55. The molecule has 1 aliphatic heterocycles. The second-order valence-corrected chi connectivity index (χ2v) is 10.5. The Morgan fingerprint density at radius 2 is 1.75 bits per heavy atom. The van der Waals surface area contributed by atoms with Gasteiger partial charge in [0.05, 0.1) is 4.90 Å². The van der Waals surface area contributed by atoms with Crippen molar-refractivity contribution in [2.75, 3.05) is 38.5 Å². The topological polar surface area (TPSA) is 94.6 Å². The number of hydrogen-bond acceptors (Lipinski definition) is 5. The first-order valence-corrected chi connectivity index (χ1v) is 12.4. The molecule has 0 spiro atoms.